The summed E-state index contributed by atoms with van der Waals surface area (Å²) in [6.07, 6.45) is 0. The zero-order valence-electron chi connectivity index (χ0n) is 15.3. The van der Waals surface area contributed by atoms with E-state index < -0.39 is 0 Å². The number of methoxy groups -OCH3 is 1. The minimum absolute atomic E-state index is 0.0386. The fourth-order valence-electron chi connectivity index (χ4n) is 2.38. The maximum Gasteiger partial charge on any atom is 0.319 e. The van der Waals surface area contributed by atoms with Gasteiger partial charge in [0.1, 0.15) is 5.75 Å². The second-order valence-electron chi connectivity index (χ2n) is 7.00. The van der Waals surface area contributed by atoms with Crippen molar-refractivity contribution in [1.82, 2.24) is 5.32 Å². The number of amides is 2. The lowest BCUT2D eigenvalue weighted by atomic mass is 9.86. The number of carbonyl (C=O) groups excluding carboxylic acids is 1. The quantitative estimate of drug-likeness (QED) is 0.732. The Kier molecular flexibility index (Phi) is 6.28. The Morgan fingerprint density at radius 2 is 1.72 bits per heavy atom. The molecule has 25 heavy (non-hydrogen) atoms. The number of ether oxygens (including phenoxy) is 1. The van der Waals surface area contributed by atoms with Gasteiger partial charge < -0.3 is 20.7 Å². The third-order valence-corrected chi connectivity index (χ3v) is 3.95. The summed E-state index contributed by atoms with van der Waals surface area (Å²) in [7, 11) is 1.65. The van der Waals surface area contributed by atoms with Gasteiger partial charge >= 0.3 is 6.03 Å². The first-order valence-corrected chi connectivity index (χ1v) is 8.39. The van der Waals surface area contributed by atoms with Crippen LogP contribution in [0.4, 0.5) is 16.2 Å². The molecule has 0 saturated carbocycles. The van der Waals surface area contributed by atoms with Gasteiger partial charge in [-0.25, -0.2) is 4.79 Å². The lowest BCUT2D eigenvalue weighted by molar-refractivity contribution is 0.248. The zero-order valence-corrected chi connectivity index (χ0v) is 15.3. The van der Waals surface area contributed by atoms with Gasteiger partial charge in [0.15, 0.2) is 0 Å². The number of nitrogens with one attached hydrogen (secondary N) is 3. The standard InChI is InChI=1S/C20H27N3O2/c1-20(2,3)18(22-16-11-8-12-17(13-16)25-4)14-21-19(24)23-15-9-6-5-7-10-15/h5-13,18,22H,14H2,1-4H3,(H2,21,23,24)/t18-/m0/s1. The molecule has 0 bridgehead atoms. The molecule has 0 aromatic heterocycles. The highest BCUT2D eigenvalue weighted by Gasteiger charge is 2.25. The van der Waals surface area contributed by atoms with Crippen LogP contribution in [0.2, 0.25) is 0 Å². The molecule has 5 nitrogen and oxygen atoms in total. The SMILES string of the molecule is COc1cccc(N[C@@H](CNC(=O)Nc2ccccc2)C(C)(C)C)c1. The van der Waals surface area contributed by atoms with Crippen LogP contribution in [0.25, 0.3) is 0 Å². The van der Waals surface area contributed by atoms with Crippen molar-refractivity contribution < 1.29 is 9.53 Å². The average molecular weight is 341 g/mol. The van der Waals surface area contributed by atoms with E-state index >= 15 is 0 Å². The van der Waals surface area contributed by atoms with E-state index in [9.17, 15) is 4.79 Å². The third-order valence-electron chi connectivity index (χ3n) is 3.95. The van der Waals surface area contributed by atoms with Gasteiger partial charge in [-0.15, -0.1) is 0 Å². The van der Waals surface area contributed by atoms with Gasteiger partial charge in [-0.3, -0.25) is 0 Å². The van der Waals surface area contributed by atoms with Crippen molar-refractivity contribution in [2.24, 2.45) is 5.41 Å². The van der Waals surface area contributed by atoms with Crippen molar-refractivity contribution in [3.05, 3.63) is 54.6 Å². The first-order chi connectivity index (χ1) is 11.9. The van der Waals surface area contributed by atoms with Gasteiger partial charge in [0, 0.05) is 30.0 Å². The van der Waals surface area contributed by atoms with E-state index in [-0.39, 0.29) is 17.5 Å². The second kappa shape index (κ2) is 8.42. The molecule has 0 fully saturated rings. The van der Waals surface area contributed by atoms with Gasteiger partial charge in [0.2, 0.25) is 0 Å². The number of rotatable bonds is 6. The van der Waals surface area contributed by atoms with Crippen LogP contribution in [-0.2, 0) is 0 Å². The fraction of sp³-hybridized carbons (Fsp3) is 0.350. The average Bonchev–Trinajstić information content (AvgIpc) is 2.58. The lowest BCUT2D eigenvalue weighted by Gasteiger charge is -2.32. The minimum Gasteiger partial charge on any atom is -0.497 e. The van der Waals surface area contributed by atoms with E-state index in [4.69, 9.17) is 4.74 Å². The van der Waals surface area contributed by atoms with Crippen molar-refractivity contribution in [3.8, 4) is 5.75 Å². The van der Waals surface area contributed by atoms with Crippen molar-refractivity contribution >= 4 is 17.4 Å². The summed E-state index contributed by atoms with van der Waals surface area (Å²) in [6.45, 7) is 6.92. The van der Waals surface area contributed by atoms with Crippen molar-refractivity contribution in [2.45, 2.75) is 26.8 Å². The Morgan fingerprint density at radius 3 is 2.36 bits per heavy atom. The Hall–Kier alpha value is -2.69. The van der Waals surface area contributed by atoms with Crippen LogP contribution in [-0.4, -0.2) is 25.7 Å². The molecule has 5 heteroatoms. The molecule has 134 valence electrons. The summed E-state index contributed by atoms with van der Waals surface area (Å²) < 4.78 is 5.27. The van der Waals surface area contributed by atoms with Crippen molar-refractivity contribution in [2.75, 3.05) is 24.3 Å². The Labute approximate surface area is 149 Å². The predicted molar refractivity (Wildman–Crippen MR) is 103 cm³/mol. The van der Waals surface area contributed by atoms with Gasteiger partial charge in [-0.2, -0.15) is 0 Å². The zero-order chi connectivity index (χ0) is 18.3. The van der Waals surface area contributed by atoms with Crippen LogP contribution in [0, 0.1) is 5.41 Å². The maximum absolute atomic E-state index is 12.1. The first kappa shape index (κ1) is 18.6. The van der Waals surface area contributed by atoms with Crippen LogP contribution in [0.15, 0.2) is 54.6 Å². The van der Waals surface area contributed by atoms with Crippen LogP contribution < -0.4 is 20.7 Å². The van der Waals surface area contributed by atoms with Crippen LogP contribution in [0.5, 0.6) is 5.75 Å². The molecular weight excluding hydrogens is 314 g/mol. The van der Waals surface area contributed by atoms with Gasteiger partial charge in [-0.05, 0) is 29.7 Å². The summed E-state index contributed by atoms with van der Waals surface area (Å²) in [6, 6.07) is 17.0. The van der Waals surface area contributed by atoms with Gasteiger partial charge in [-0.1, -0.05) is 45.0 Å². The number of benzene rings is 2. The summed E-state index contributed by atoms with van der Waals surface area (Å²) in [5.74, 6) is 0.799. The number of hydrogen-bond donors (Lipinski definition) is 3. The maximum atomic E-state index is 12.1. The van der Waals surface area contributed by atoms with E-state index in [1.54, 1.807) is 7.11 Å². The highest BCUT2D eigenvalue weighted by molar-refractivity contribution is 5.89. The van der Waals surface area contributed by atoms with E-state index in [0.717, 1.165) is 17.1 Å². The summed E-state index contributed by atoms with van der Waals surface area (Å²) >= 11 is 0. The number of carbonyl (C=O) groups is 1. The Balaban J connectivity index is 1.97. The van der Waals surface area contributed by atoms with Gasteiger partial charge in [0.05, 0.1) is 7.11 Å². The van der Waals surface area contributed by atoms with Crippen LogP contribution >= 0.6 is 0 Å². The molecule has 2 rings (SSSR count). The summed E-state index contributed by atoms with van der Waals surface area (Å²) in [5.41, 5.74) is 1.70. The second-order valence-corrected chi connectivity index (χ2v) is 7.00. The number of anilines is 2. The molecule has 2 aromatic carbocycles. The van der Waals surface area contributed by atoms with E-state index in [1.807, 2.05) is 54.6 Å². The highest BCUT2D eigenvalue weighted by atomic mass is 16.5. The largest absolute Gasteiger partial charge is 0.497 e. The number of hydrogen-bond acceptors (Lipinski definition) is 3. The lowest BCUT2D eigenvalue weighted by Crippen LogP contribution is -2.45. The topological polar surface area (TPSA) is 62.4 Å². The Bertz CT molecular complexity index is 681. The molecule has 0 aliphatic carbocycles. The molecule has 3 N–H and O–H groups in total. The van der Waals surface area contributed by atoms with E-state index in [2.05, 4.69) is 36.7 Å². The Morgan fingerprint density at radius 1 is 1.04 bits per heavy atom. The predicted octanol–water partition coefficient (Wildman–Crippen LogP) is 4.34. The van der Waals surface area contributed by atoms with Crippen LogP contribution in [0.3, 0.4) is 0 Å². The van der Waals surface area contributed by atoms with Crippen molar-refractivity contribution in [1.29, 1.82) is 0 Å². The van der Waals surface area contributed by atoms with E-state index in [1.165, 1.54) is 0 Å². The smallest absolute Gasteiger partial charge is 0.319 e. The molecule has 0 aliphatic rings. The molecule has 2 aromatic rings. The molecule has 2 amide bonds. The fourth-order valence-corrected chi connectivity index (χ4v) is 2.38. The van der Waals surface area contributed by atoms with Gasteiger partial charge in [0.25, 0.3) is 0 Å². The first-order valence-electron chi connectivity index (χ1n) is 8.39. The monoisotopic (exact) mass is 341 g/mol. The molecule has 1 atom stereocenters. The molecule has 0 aliphatic heterocycles. The molecule has 0 unspecified atom stereocenters. The highest BCUT2D eigenvalue weighted by Crippen LogP contribution is 2.25. The normalized spacial score (nSPS) is 12.2. The number of urea groups is 1. The molecular formula is C20H27N3O2. The summed E-state index contributed by atoms with van der Waals surface area (Å²) in [5, 5.41) is 9.27. The number of para-hydroxylation sites is 1. The van der Waals surface area contributed by atoms with Crippen molar-refractivity contribution in [3.63, 3.8) is 0 Å². The molecule has 0 spiro atoms. The van der Waals surface area contributed by atoms with E-state index in [0.29, 0.717) is 6.54 Å². The van der Waals surface area contributed by atoms with Crippen LogP contribution in [0.1, 0.15) is 20.8 Å². The minimum atomic E-state index is -0.215. The molecule has 0 heterocycles. The summed E-state index contributed by atoms with van der Waals surface area (Å²) in [4.78, 5) is 12.1. The molecule has 0 radical (unpaired) electrons. The third kappa shape index (κ3) is 6.03. The molecule has 0 saturated heterocycles.